The molecule has 2 nitrogen and oxygen atoms in total. The van der Waals surface area contributed by atoms with E-state index in [9.17, 15) is 0 Å². The second kappa shape index (κ2) is 13.2. The Morgan fingerprint density at radius 1 is 0.286 bits per heavy atom. The van der Waals surface area contributed by atoms with E-state index < -0.39 is 0 Å². The molecule has 0 saturated carbocycles. The fraction of sp³-hybridized carbons (Fsp3) is 0. The number of para-hydroxylation sites is 1. The summed E-state index contributed by atoms with van der Waals surface area (Å²) in [5.74, 6) is 0. The Kier molecular flexibility index (Phi) is 7.53. The van der Waals surface area contributed by atoms with Crippen LogP contribution in [0.4, 0.5) is 17.1 Å². The summed E-state index contributed by atoms with van der Waals surface area (Å²) < 4.78 is 6.42. The van der Waals surface area contributed by atoms with E-state index in [-0.39, 0.29) is 0 Å². The van der Waals surface area contributed by atoms with Gasteiger partial charge in [-0.15, -0.1) is 0 Å². The monoisotopic (exact) mass is 713 g/mol. The molecule has 0 aliphatic carbocycles. The van der Waals surface area contributed by atoms with Crippen molar-refractivity contribution in [2.24, 2.45) is 0 Å². The standard InChI is InChI=1S/C54H35NO/c1-2-12-40-32-43(28-26-36(40)10-1)38-24-22-37(23-25-38)41-13-7-15-46(34-41)55(51-19-9-21-53-54(51)50-18-5-6-20-52(50)56-53)47-16-8-14-42(35-47)44-30-31-49-45(33-44)29-27-39-11-3-4-17-48(39)49/h1-35H. The average molecular weight is 714 g/mol. The molecule has 11 rings (SSSR count). The Morgan fingerprint density at radius 3 is 1.57 bits per heavy atom. The minimum Gasteiger partial charge on any atom is -0.456 e. The van der Waals surface area contributed by atoms with Crippen molar-refractivity contribution in [2.45, 2.75) is 0 Å². The average Bonchev–Trinajstić information content (AvgIpc) is 3.66. The predicted octanol–water partition coefficient (Wildman–Crippen LogP) is 15.5. The Hall–Kier alpha value is -7.42. The molecule has 0 bridgehead atoms. The van der Waals surface area contributed by atoms with Gasteiger partial charge < -0.3 is 9.32 Å². The molecule has 1 aromatic heterocycles. The molecule has 0 atom stereocenters. The van der Waals surface area contributed by atoms with Gasteiger partial charge in [0.05, 0.1) is 11.1 Å². The van der Waals surface area contributed by atoms with E-state index in [1.807, 2.05) is 6.07 Å². The second-order valence-electron chi connectivity index (χ2n) is 14.5. The van der Waals surface area contributed by atoms with Crippen molar-refractivity contribution >= 4 is 71.3 Å². The van der Waals surface area contributed by atoms with Crippen LogP contribution >= 0.6 is 0 Å². The van der Waals surface area contributed by atoms with Crippen molar-refractivity contribution in [1.82, 2.24) is 0 Å². The van der Waals surface area contributed by atoms with Crippen LogP contribution in [0, 0.1) is 0 Å². The smallest absolute Gasteiger partial charge is 0.137 e. The van der Waals surface area contributed by atoms with Gasteiger partial charge in [0.2, 0.25) is 0 Å². The molecule has 56 heavy (non-hydrogen) atoms. The summed E-state index contributed by atoms with van der Waals surface area (Å²) in [6, 6.07) is 76.6. The maximum Gasteiger partial charge on any atom is 0.137 e. The Morgan fingerprint density at radius 2 is 0.786 bits per heavy atom. The number of furan rings is 1. The number of anilines is 3. The highest BCUT2D eigenvalue weighted by atomic mass is 16.3. The first-order valence-corrected chi connectivity index (χ1v) is 19.2. The van der Waals surface area contributed by atoms with Gasteiger partial charge in [-0.2, -0.15) is 0 Å². The molecule has 0 spiro atoms. The van der Waals surface area contributed by atoms with Crippen LogP contribution in [-0.2, 0) is 0 Å². The number of rotatable bonds is 6. The van der Waals surface area contributed by atoms with Gasteiger partial charge in [-0.1, -0.05) is 158 Å². The molecule has 0 N–H and O–H groups in total. The van der Waals surface area contributed by atoms with Gasteiger partial charge in [-0.25, -0.2) is 0 Å². The number of nitrogens with zero attached hydrogens (tertiary/aromatic N) is 1. The van der Waals surface area contributed by atoms with Crippen molar-refractivity contribution < 1.29 is 4.42 Å². The number of hydrogen-bond donors (Lipinski definition) is 0. The van der Waals surface area contributed by atoms with Crippen LogP contribution in [0.15, 0.2) is 217 Å². The summed E-state index contributed by atoms with van der Waals surface area (Å²) in [5, 5.41) is 9.74. The van der Waals surface area contributed by atoms with Gasteiger partial charge in [0.1, 0.15) is 11.2 Å². The molecular formula is C54H35NO. The molecule has 10 aromatic carbocycles. The summed E-state index contributed by atoms with van der Waals surface area (Å²) in [4.78, 5) is 2.38. The number of hydrogen-bond acceptors (Lipinski definition) is 2. The Bertz CT molecular complexity index is 3260. The SMILES string of the molecule is c1cc(-c2ccc(-c3ccc4ccccc4c3)cc2)cc(N(c2cccc(-c3ccc4c(ccc5ccccc54)c3)c2)c2cccc3oc4ccccc4c23)c1. The molecule has 11 aromatic rings. The highest BCUT2D eigenvalue weighted by Gasteiger charge is 2.20. The molecule has 0 fully saturated rings. The van der Waals surface area contributed by atoms with Crippen LogP contribution in [0.3, 0.4) is 0 Å². The van der Waals surface area contributed by atoms with E-state index in [0.717, 1.165) is 50.1 Å². The quantitative estimate of drug-likeness (QED) is 0.160. The molecule has 2 heteroatoms. The third-order valence-corrected chi connectivity index (χ3v) is 11.2. The van der Waals surface area contributed by atoms with Gasteiger partial charge in [0.25, 0.3) is 0 Å². The van der Waals surface area contributed by atoms with Crippen LogP contribution in [0.1, 0.15) is 0 Å². The summed E-state index contributed by atoms with van der Waals surface area (Å²) >= 11 is 0. The van der Waals surface area contributed by atoms with Crippen LogP contribution in [0.5, 0.6) is 0 Å². The van der Waals surface area contributed by atoms with E-state index in [0.29, 0.717) is 0 Å². The summed E-state index contributed by atoms with van der Waals surface area (Å²) in [6.07, 6.45) is 0. The van der Waals surface area contributed by atoms with Gasteiger partial charge >= 0.3 is 0 Å². The summed E-state index contributed by atoms with van der Waals surface area (Å²) in [7, 11) is 0. The lowest BCUT2D eigenvalue weighted by Crippen LogP contribution is -2.10. The first-order chi connectivity index (χ1) is 27.7. The number of fused-ring (bicyclic) bond motifs is 7. The largest absolute Gasteiger partial charge is 0.456 e. The molecule has 0 amide bonds. The van der Waals surface area contributed by atoms with Crippen molar-refractivity contribution in [2.75, 3.05) is 4.90 Å². The zero-order chi connectivity index (χ0) is 37.0. The molecule has 1 heterocycles. The summed E-state index contributed by atoms with van der Waals surface area (Å²) in [5.41, 5.74) is 12.0. The molecule has 0 saturated heterocycles. The van der Waals surface area contributed by atoms with Crippen molar-refractivity contribution in [1.29, 1.82) is 0 Å². The molecule has 0 aliphatic heterocycles. The second-order valence-corrected chi connectivity index (χ2v) is 14.5. The zero-order valence-corrected chi connectivity index (χ0v) is 30.6. The van der Waals surface area contributed by atoms with E-state index in [1.54, 1.807) is 0 Å². The van der Waals surface area contributed by atoms with Crippen molar-refractivity contribution in [3.63, 3.8) is 0 Å². The minimum atomic E-state index is 0.868. The van der Waals surface area contributed by atoms with Crippen LogP contribution in [0.25, 0.3) is 87.6 Å². The van der Waals surface area contributed by atoms with Gasteiger partial charge in [0, 0.05) is 16.8 Å². The van der Waals surface area contributed by atoms with Crippen LogP contribution in [-0.4, -0.2) is 0 Å². The van der Waals surface area contributed by atoms with Gasteiger partial charge in [-0.3, -0.25) is 0 Å². The third-order valence-electron chi connectivity index (χ3n) is 11.2. The van der Waals surface area contributed by atoms with Gasteiger partial charge in [-0.05, 0) is 120 Å². The fourth-order valence-corrected chi connectivity index (χ4v) is 8.44. The lowest BCUT2D eigenvalue weighted by molar-refractivity contribution is 0.669. The van der Waals surface area contributed by atoms with Gasteiger partial charge in [0.15, 0.2) is 0 Å². The van der Waals surface area contributed by atoms with E-state index in [2.05, 4.69) is 211 Å². The van der Waals surface area contributed by atoms with Crippen LogP contribution < -0.4 is 4.90 Å². The maximum absolute atomic E-state index is 6.42. The predicted molar refractivity (Wildman–Crippen MR) is 237 cm³/mol. The minimum absolute atomic E-state index is 0.868. The molecular weight excluding hydrogens is 679 g/mol. The first kappa shape index (κ1) is 32.0. The summed E-state index contributed by atoms with van der Waals surface area (Å²) in [6.45, 7) is 0. The molecule has 0 unspecified atom stereocenters. The fourth-order valence-electron chi connectivity index (χ4n) is 8.44. The number of benzene rings is 10. The molecule has 0 radical (unpaired) electrons. The van der Waals surface area contributed by atoms with Crippen LogP contribution in [0.2, 0.25) is 0 Å². The Balaban J connectivity index is 1.04. The molecule has 262 valence electrons. The van der Waals surface area contributed by atoms with Crippen molar-refractivity contribution in [3.05, 3.63) is 212 Å². The normalized spacial score (nSPS) is 11.6. The van der Waals surface area contributed by atoms with E-state index in [4.69, 9.17) is 4.42 Å². The lowest BCUT2D eigenvalue weighted by Gasteiger charge is -2.27. The third kappa shape index (κ3) is 5.51. The highest BCUT2D eigenvalue weighted by molar-refractivity contribution is 6.13. The topological polar surface area (TPSA) is 16.4 Å². The first-order valence-electron chi connectivity index (χ1n) is 19.2. The Labute approximate surface area is 325 Å². The van der Waals surface area contributed by atoms with E-state index >= 15 is 0 Å². The zero-order valence-electron chi connectivity index (χ0n) is 30.6. The maximum atomic E-state index is 6.42. The van der Waals surface area contributed by atoms with E-state index in [1.165, 1.54) is 54.6 Å². The highest BCUT2D eigenvalue weighted by Crippen LogP contribution is 2.44. The lowest BCUT2D eigenvalue weighted by atomic mass is 9.97. The van der Waals surface area contributed by atoms with Crippen molar-refractivity contribution in [3.8, 4) is 33.4 Å². The molecule has 0 aliphatic rings.